The zero-order chi connectivity index (χ0) is 11.6. The summed E-state index contributed by atoms with van der Waals surface area (Å²) in [6.07, 6.45) is -3.39. The molecule has 0 aliphatic heterocycles. The maximum atomic E-state index is 12.1. The highest BCUT2D eigenvalue weighted by Crippen LogP contribution is 2.31. The van der Waals surface area contributed by atoms with Crippen molar-refractivity contribution < 1.29 is 23.1 Å². The number of halogens is 3. The van der Waals surface area contributed by atoms with Gasteiger partial charge >= 0.3 is 12.1 Å². The van der Waals surface area contributed by atoms with Gasteiger partial charge in [0.25, 0.3) is 0 Å². The van der Waals surface area contributed by atoms with Gasteiger partial charge in [-0.3, -0.25) is 0 Å². The van der Waals surface area contributed by atoms with E-state index in [1.54, 1.807) is 0 Å². The zero-order valence-electron chi connectivity index (χ0n) is 7.50. The van der Waals surface area contributed by atoms with E-state index in [2.05, 4.69) is 4.98 Å². The Morgan fingerprint density at radius 3 is 2.60 bits per heavy atom. The minimum Gasteiger partial charge on any atom is -0.478 e. The first-order valence-corrected chi connectivity index (χ1v) is 4.63. The molecule has 0 aliphatic carbocycles. The smallest absolute Gasteiger partial charge is 0.443 e. The Morgan fingerprint density at radius 2 is 2.20 bits per heavy atom. The fourth-order valence-corrected chi connectivity index (χ4v) is 1.41. The number of rotatable bonds is 2. The molecular formula is C8H6F3NO2S. The van der Waals surface area contributed by atoms with Crippen LogP contribution in [0.25, 0.3) is 6.08 Å². The second-order valence-electron chi connectivity index (χ2n) is 2.71. The summed E-state index contributed by atoms with van der Waals surface area (Å²) in [4.78, 5) is 13.7. The number of carbonyl (C=O) groups is 1. The summed E-state index contributed by atoms with van der Waals surface area (Å²) in [5, 5.41) is 8.68. The van der Waals surface area contributed by atoms with E-state index in [0.29, 0.717) is 11.3 Å². The molecule has 1 N–H and O–H groups in total. The van der Waals surface area contributed by atoms with Crippen LogP contribution in [0.3, 0.4) is 0 Å². The number of thiazole rings is 1. The maximum absolute atomic E-state index is 12.1. The van der Waals surface area contributed by atoms with Gasteiger partial charge < -0.3 is 5.11 Å². The van der Waals surface area contributed by atoms with E-state index in [0.717, 1.165) is 11.5 Å². The molecule has 0 saturated heterocycles. The molecular weight excluding hydrogens is 231 g/mol. The van der Waals surface area contributed by atoms with Gasteiger partial charge in [-0.05, 0) is 13.0 Å². The van der Waals surface area contributed by atoms with Crippen molar-refractivity contribution in [3.8, 4) is 0 Å². The first kappa shape index (κ1) is 11.7. The lowest BCUT2D eigenvalue weighted by molar-refractivity contribution is -0.137. The van der Waals surface area contributed by atoms with E-state index in [-0.39, 0.29) is 11.3 Å². The first-order chi connectivity index (χ1) is 6.80. The largest absolute Gasteiger partial charge is 0.478 e. The Hall–Kier alpha value is -1.37. The molecule has 1 rings (SSSR count). The molecule has 0 saturated carbocycles. The molecule has 0 atom stereocenters. The molecule has 1 aromatic rings. The van der Waals surface area contributed by atoms with Gasteiger partial charge in [0.05, 0.1) is 5.69 Å². The lowest BCUT2D eigenvalue weighted by Crippen LogP contribution is -2.03. The Labute approximate surface area is 86.9 Å². The van der Waals surface area contributed by atoms with Gasteiger partial charge in [-0.1, -0.05) is 0 Å². The minimum absolute atomic E-state index is 0.00669. The molecule has 3 nitrogen and oxygen atoms in total. The molecule has 7 heteroatoms. The standard InChI is InChI=1S/C8H6F3NO2S/c1-4(6(13)14)2-5-3-15-7(12-5)8(9,10)11/h2-3H,1H3,(H,13,14). The number of aliphatic carboxylic acids is 1. The summed E-state index contributed by atoms with van der Waals surface area (Å²) >= 11 is 0.437. The van der Waals surface area contributed by atoms with Gasteiger partial charge in [0.1, 0.15) is 0 Å². The van der Waals surface area contributed by atoms with Crippen molar-refractivity contribution in [2.24, 2.45) is 0 Å². The quantitative estimate of drug-likeness (QED) is 0.804. The molecule has 1 aromatic heterocycles. The summed E-state index contributed by atoms with van der Waals surface area (Å²) < 4.78 is 36.3. The summed E-state index contributed by atoms with van der Waals surface area (Å²) in [5.41, 5.74) is -0.0544. The van der Waals surface area contributed by atoms with Gasteiger partial charge in [-0.2, -0.15) is 13.2 Å². The third kappa shape index (κ3) is 3.05. The maximum Gasteiger partial charge on any atom is 0.443 e. The predicted molar refractivity (Wildman–Crippen MR) is 48.4 cm³/mol. The summed E-state index contributed by atoms with van der Waals surface area (Å²) in [6, 6.07) is 0. The van der Waals surface area contributed by atoms with Crippen molar-refractivity contribution in [2.45, 2.75) is 13.1 Å². The minimum atomic E-state index is -4.48. The number of hydrogen-bond acceptors (Lipinski definition) is 3. The van der Waals surface area contributed by atoms with Crippen LogP contribution in [-0.4, -0.2) is 16.1 Å². The summed E-state index contributed by atoms with van der Waals surface area (Å²) in [5.74, 6) is -1.18. The Kier molecular flexibility index (Phi) is 3.13. The normalized spacial score (nSPS) is 12.9. The van der Waals surface area contributed by atoms with Crippen molar-refractivity contribution in [1.82, 2.24) is 4.98 Å². The van der Waals surface area contributed by atoms with Crippen LogP contribution in [0.5, 0.6) is 0 Å². The molecule has 0 fully saturated rings. The molecule has 15 heavy (non-hydrogen) atoms. The number of hydrogen-bond donors (Lipinski definition) is 1. The number of aromatic nitrogens is 1. The second-order valence-corrected chi connectivity index (χ2v) is 3.57. The molecule has 0 amide bonds. The summed E-state index contributed by atoms with van der Waals surface area (Å²) in [7, 11) is 0. The van der Waals surface area contributed by atoms with Crippen LogP contribution < -0.4 is 0 Å². The van der Waals surface area contributed by atoms with E-state index < -0.39 is 17.2 Å². The van der Waals surface area contributed by atoms with Gasteiger partial charge in [0, 0.05) is 11.0 Å². The van der Waals surface area contributed by atoms with Gasteiger partial charge in [0.2, 0.25) is 0 Å². The number of alkyl halides is 3. The molecule has 0 aliphatic rings. The monoisotopic (exact) mass is 237 g/mol. The van der Waals surface area contributed by atoms with Crippen LogP contribution in [-0.2, 0) is 11.0 Å². The van der Waals surface area contributed by atoms with Gasteiger partial charge in [-0.25, -0.2) is 9.78 Å². The van der Waals surface area contributed by atoms with E-state index in [1.165, 1.54) is 6.92 Å². The Balaban J connectivity index is 2.96. The molecule has 0 radical (unpaired) electrons. The van der Waals surface area contributed by atoms with Crippen LogP contribution in [0, 0.1) is 0 Å². The topological polar surface area (TPSA) is 50.2 Å². The predicted octanol–water partition coefficient (Wildman–Crippen LogP) is 2.65. The Bertz CT molecular complexity index is 408. The summed E-state index contributed by atoms with van der Waals surface area (Å²) in [6.45, 7) is 1.29. The number of nitrogens with zero attached hydrogens (tertiary/aromatic N) is 1. The molecule has 0 unspecified atom stereocenters. The lowest BCUT2D eigenvalue weighted by Gasteiger charge is -1.98. The molecule has 82 valence electrons. The van der Waals surface area contributed by atoms with E-state index >= 15 is 0 Å². The highest BCUT2D eigenvalue weighted by Gasteiger charge is 2.34. The van der Waals surface area contributed by atoms with Crippen molar-refractivity contribution in [1.29, 1.82) is 0 Å². The van der Waals surface area contributed by atoms with Crippen molar-refractivity contribution in [3.63, 3.8) is 0 Å². The SMILES string of the molecule is CC(=Cc1csc(C(F)(F)F)n1)C(=O)O. The van der Waals surface area contributed by atoms with Crippen LogP contribution in [0.15, 0.2) is 11.0 Å². The van der Waals surface area contributed by atoms with Crippen molar-refractivity contribution in [3.05, 3.63) is 21.7 Å². The second kappa shape index (κ2) is 4.01. The molecule has 0 bridgehead atoms. The van der Waals surface area contributed by atoms with Crippen LogP contribution in [0.1, 0.15) is 17.6 Å². The highest BCUT2D eigenvalue weighted by atomic mass is 32.1. The Morgan fingerprint density at radius 1 is 1.60 bits per heavy atom. The van der Waals surface area contributed by atoms with Crippen molar-refractivity contribution in [2.75, 3.05) is 0 Å². The highest BCUT2D eigenvalue weighted by molar-refractivity contribution is 7.09. The van der Waals surface area contributed by atoms with E-state index in [4.69, 9.17) is 5.11 Å². The number of carboxylic acids is 1. The first-order valence-electron chi connectivity index (χ1n) is 3.75. The third-order valence-electron chi connectivity index (χ3n) is 1.47. The molecule has 0 spiro atoms. The van der Waals surface area contributed by atoms with Crippen LogP contribution >= 0.6 is 11.3 Å². The van der Waals surface area contributed by atoms with E-state index in [1.807, 2.05) is 0 Å². The molecule has 0 aromatic carbocycles. The fourth-order valence-electron chi connectivity index (χ4n) is 0.766. The van der Waals surface area contributed by atoms with E-state index in [9.17, 15) is 18.0 Å². The van der Waals surface area contributed by atoms with Crippen LogP contribution in [0.2, 0.25) is 0 Å². The third-order valence-corrected chi connectivity index (χ3v) is 2.37. The van der Waals surface area contributed by atoms with Gasteiger partial charge in [0.15, 0.2) is 5.01 Å². The van der Waals surface area contributed by atoms with Gasteiger partial charge in [-0.15, -0.1) is 11.3 Å². The fraction of sp³-hybridized carbons (Fsp3) is 0.250. The average Bonchev–Trinajstić information content (AvgIpc) is 2.51. The number of carboxylic acid groups (broad SMARTS) is 1. The van der Waals surface area contributed by atoms with Crippen molar-refractivity contribution >= 4 is 23.4 Å². The zero-order valence-corrected chi connectivity index (χ0v) is 8.32. The molecule has 1 heterocycles. The average molecular weight is 237 g/mol. The van der Waals surface area contributed by atoms with Crippen LogP contribution in [0.4, 0.5) is 13.2 Å². The lowest BCUT2D eigenvalue weighted by atomic mass is 10.2.